The first-order valence-electron chi connectivity index (χ1n) is 11.6. The highest BCUT2D eigenvalue weighted by molar-refractivity contribution is 5.97. The Balaban J connectivity index is 1.80. The number of hydrogen-bond donors (Lipinski definition) is 3. The third kappa shape index (κ3) is 5.57. The van der Waals surface area contributed by atoms with Crippen molar-refractivity contribution in [2.75, 3.05) is 6.61 Å². The van der Waals surface area contributed by atoms with Crippen LogP contribution in [0.1, 0.15) is 83.5 Å². The van der Waals surface area contributed by atoms with Gasteiger partial charge in [0.05, 0.1) is 23.8 Å². The van der Waals surface area contributed by atoms with Gasteiger partial charge in [-0.3, -0.25) is 14.4 Å². The summed E-state index contributed by atoms with van der Waals surface area (Å²) in [5.74, 6) is -0.531. The van der Waals surface area contributed by atoms with Gasteiger partial charge in [-0.2, -0.15) is 5.10 Å². The van der Waals surface area contributed by atoms with Crippen molar-refractivity contribution in [3.05, 3.63) is 17.8 Å². The van der Waals surface area contributed by atoms with E-state index in [0.717, 1.165) is 0 Å². The molecule has 2 bridgehead atoms. The molecule has 0 atom stereocenters. The van der Waals surface area contributed by atoms with Crippen molar-refractivity contribution in [2.24, 2.45) is 11.3 Å². The Hall–Kier alpha value is -2.84. The molecular formula is C24H36N4O5. The number of nitrogens with one attached hydrogen (secondary N) is 2. The number of fused-ring (bicyclic) bond motifs is 3. The van der Waals surface area contributed by atoms with E-state index in [2.05, 4.69) is 15.7 Å². The number of hydrogen-bond acceptors (Lipinski definition) is 5. The smallest absolute Gasteiger partial charge is 0.309 e. The summed E-state index contributed by atoms with van der Waals surface area (Å²) in [6, 6.07) is 0. The molecule has 0 spiro atoms. The van der Waals surface area contributed by atoms with Crippen LogP contribution in [0.2, 0.25) is 0 Å². The number of ether oxygens (including phenoxy) is 1. The molecule has 0 aromatic carbocycles. The first kappa shape index (κ1) is 24.8. The molecule has 3 aliphatic carbocycles. The van der Waals surface area contributed by atoms with Crippen molar-refractivity contribution in [3.63, 3.8) is 0 Å². The Morgan fingerprint density at radius 2 is 1.82 bits per heavy atom. The van der Waals surface area contributed by atoms with Gasteiger partial charge in [-0.1, -0.05) is 13.8 Å². The molecule has 2 amide bonds. The molecule has 3 N–H and O–H groups in total. The number of nitrogens with zero attached hydrogens (tertiary/aromatic N) is 2. The second-order valence-corrected chi connectivity index (χ2v) is 10.6. The maximum Gasteiger partial charge on any atom is 0.309 e. The summed E-state index contributed by atoms with van der Waals surface area (Å²) >= 11 is 0. The second kappa shape index (κ2) is 9.19. The average molecular weight is 461 g/mol. The minimum atomic E-state index is -0.721. The van der Waals surface area contributed by atoms with Crippen molar-refractivity contribution < 1.29 is 24.2 Å². The molecule has 1 aromatic heterocycles. The number of carbonyl (C=O) groups excluding carboxylic acids is 2. The van der Waals surface area contributed by atoms with Crippen molar-refractivity contribution in [1.82, 2.24) is 20.4 Å². The van der Waals surface area contributed by atoms with Crippen LogP contribution in [0.4, 0.5) is 0 Å². The molecule has 9 nitrogen and oxygen atoms in total. The monoisotopic (exact) mass is 460 g/mol. The van der Waals surface area contributed by atoms with Crippen LogP contribution < -0.4 is 15.4 Å². The van der Waals surface area contributed by atoms with Crippen LogP contribution in [-0.4, -0.2) is 50.4 Å². The van der Waals surface area contributed by atoms with Crippen LogP contribution in [-0.2, 0) is 9.59 Å². The zero-order valence-corrected chi connectivity index (χ0v) is 20.2. The minimum Gasteiger partial charge on any atom is -0.481 e. The van der Waals surface area contributed by atoms with E-state index in [4.69, 9.17) is 4.74 Å². The van der Waals surface area contributed by atoms with E-state index < -0.39 is 16.9 Å². The van der Waals surface area contributed by atoms with Crippen molar-refractivity contribution >= 4 is 24.0 Å². The highest BCUT2D eigenvalue weighted by atomic mass is 16.5. The largest absolute Gasteiger partial charge is 0.481 e. The maximum absolute atomic E-state index is 13.3. The van der Waals surface area contributed by atoms with E-state index >= 15 is 0 Å². The Morgan fingerprint density at radius 3 is 2.33 bits per heavy atom. The summed E-state index contributed by atoms with van der Waals surface area (Å²) in [7, 11) is 0. The number of rotatable bonds is 9. The predicted octanol–water partition coefficient (Wildman–Crippen LogP) is 3.21. The third-order valence-electron chi connectivity index (χ3n) is 6.76. The first-order chi connectivity index (χ1) is 15.4. The summed E-state index contributed by atoms with van der Waals surface area (Å²) in [6.45, 7) is 9.64. The number of carbonyl (C=O) groups is 3. The zero-order valence-electron chi connectivity index (χ0n) is 20.2. The van der Waals surface area contributed by atoms with Gasteiger partial charge in [0.25, 0.3) is 5.91 Å². The fraction of sp³-hybridized carbons (Fsp3) is 0.667. The van der Waals surface area contributed by atoms with E-state index in [1.807, 2.05) is 27.7 Å². The standard InChI is InChI=1S/C24H36N4O5/c1-16(2)15-33-20-18(14-25-28(20)13-12-22(4,5)26-17(3)29)19(30)27-24-9-6-23(7-10-24,8-11-24)21(31)32/h12-14,16H,6-11,15H2,1-5H3,(H,26,29)(H,27,30)(H,31,32)/b13-12+. The summed E-state index contributed by atoms with van der Waals surface area (Å²) < 4.78 is 7.48. The highest BCUT2D eigenvalue weighted by Crippen LogP contribution is 2.52. The average Bonchev–Trinajstić information content (AvgIpc) is 3.14. The lowest BCUT2D eigenvalue weighted by Crippen LogP contribution is -2.58. The molecule has 1 heterocycles. The third-order valence-corrected chi connectivity index (χ3v) is 6.76. The van der Waals surface area contributed by atoms with E-state index in [-0.39, 0.29) is 23.3 Å². The Kier molecular flexibility index (Phi) is 6.91. The van der Waals surface area contributed by atoms with E-state index in [1.165, 1.54) is 17.8 Å². The summed E-state index contributed by atoms with van der Waals surface area (Å²) in [6.07, 6.45) is 8.69. The maximum atomic E-state index is 13.3. The van der Waals surface area contributed by atoms with Gasteiger partial charge >= 0.3 is 5.97 Å². The fourth-order valence-electron chi connectivity index (χ4n) is 4.76. The Labute approximate surface area is 194 Å². The van der Waals surface area contributed by atoms with Gasteiger partial charge in [-0.05, 0) is 64.4 Å². The van der Waals surface area contributed by atoms with E-state index in [1.54, 1.807) is 12.3 Å². The lowest BCUT2D eigenvalue weighted by atomic mass is 9.57. The van der Waals surface area contributed by atoms with Crippen LogP contribution >= 0.6 is 0 Å². The number of aromatic nitrogens is 2. The van der Waals surface area contributed by atoms with Gasteiger partial charge in [0.1, 0.15) is 5.56 Å². The number of amides is 2. The molecular weight excluding hydrogens is 424 g/mol. The van der Waals surface area contributed by atoms with E-state index in [0.29, 0.717) is 56.6 Å². The molecule has 0 saturated heterocycles. The van der Waals surface area contributed by atoms with Crippen molar-refractivity contribution in [1.29, 1.82) is 0 Å². The summed E-state index contributed by atoms with van der Waals surface area (Å²) in [4.78, 5) is 36.4. The normalized spacial score (nSPS) is 24.8. The van der Waals surface area contributed by atoms with Crippen LogP contribution in [0.25, 0.3) is 6.20 Å². The molecule has 9 heteroatoms. The van der Waals surface area contributed by atoms with Crippen molar-refractivity contribution in [2.45, 2.75) is 84.2 Å². The van der Waals surface area contributed by atoms with Crippen LogP contribution in [0.5, 0.6) is 5.88 Å². The van der Waals surface area contributed by atoms with Gasteiger partial charge in [0, 0.05) is 18.7 Å². The first-order valence-corrected chi connectivity index (χ1v) is 11.6. The molecule has 0 aliphatic heterocycles. The molecule has 4 rings (SSSR count). The van der Waals surface area contributed by atoms with Gasteiger partial charge in [0.2, 0.25) is 11.8 Å². The minimum absolute atomic E-state index is 0.146. The highest BCUT2D eigenvalue weighted by Gasteiger charge is 2.53. The van der Waals surface area contributed by atoms with Crippen molar-refractivity contribution in [3.8, 4) is 5.88 Å². The Bertz CT molecular complexity index is 922. The van der Waals surface area contributed by atoms with E-state index in [9.17, 15) is 19.5 Å². The quantitative estimate of drug-likeness (QED) is 0.520. The topological polar surface area (TPSA) is 123 Å². The van der Waals surface area contributed by atoms with Gasteiger partial charge in [-0.25, -0.2) is 4.68 Å². The molecule has 3 aliphatic rings. The molecule has 1 aromatic rings. The number of carboxylic acid groups (broad SMARTS) is 1. The molecule has 182 valence electrons. The number of aliphatic carboxylic acids is 1. The van der Waals surface area contributed by atoms with Crippen LogP contribution in [0.3, 0.4) is 0 Å². The number of carboxylic acids is 1. The molecule has 3 fully saturated rings. The van der Waals surface area contributed by atoms with Gasteiger partial charge in [-0.15, -0.1) is 0 Å². The van der Waals surface area contributed by atoms with Gasteiger partial charge < -0.3 is 20.5 Å². The molecule has 0 unspecified atom stereocenters. The molecule has 33 heavy (non-hydrogen) atoms. The molecule has 3 saturated carbocycles. The zero-order chi connectivity index (χ0) is 24.4. The predicted molar refractivity (Wildman–Crippen MR) is 124 cm³/mol. The SMILES string of the molecule is CC(=O)NC(C)(C)/C=C/n1ncc(C(=O)NC23CCC(C(=O)O)(CC2)CC3)c1OCC(C)C. The fourth-order valence-corrected chi connectivity index (χ4v) is 4.76. The van der Waals surface area contributed by atoms with Gasteiger partial charge in [0.15, 0.2) is 0 Å². The summed E-state index contributed by atoms with van der Waals surface area (Å²) in [5, 5.41) is 20.0. The van der Waals surface area contributed by atoms with Crippen LogP contribution in [0.15, 0.2) is 12.3 Å². The second-order valence-electron chi connectivity index (χ2n) is 10.6. The van der Waals surface area contributed by atoms with Crippen LogP contribution in [0, 0.1) is 11.3 Å². The lowest BCUT2D eigenvalue weighted by Gasteiger charge is -2.51. The molecule has 0 radical (unpaired) electrons. The lowest BCUT2D eigenvalue weighted by molar-refractivity contribution is -0.156. The summed E-state index contributed by atoms with van der Waals surface area (Å²) in [5.41, 5.74) is -1.27. The Morgan fingerprint density at radius 1 is 1.21 bits per heavy atom.